The number of nitrogen functional groups attached to an aromatic ring is 1. The first-order valence-electron chi connectivity index (χ1n) is 3.74. The maximum atomic E-state index is 11.3. The predicted octanol–water partition coefficient (Wildman–Crippen LogP) is 0.686. The lowest BCUT2D eigenvalue weighted by Crippen LogP contribution is -2.19. The fourth-order valence-corrected chi connectivity index (χ4v) is 1.31. The summed E-state index contributed by atoms with van der Waals surface area (Å²) in [6.45, 7) is 1.54. The van der Waals surface area contributed by atoms with E-state index in [1.54, 1.807) is 6.92 Å². The molecular formula is C7H10N4O2S. The van der Waals surface area contributed by atoms with Crippen molar-refractivity contribution in [3.8, 4) is 0 Å². The first-order chi connectivity index (χ1) is 6.63. The van der Waals surface area contributed by atoms with Gasteiger partial charge in [-0.15, -0.1) is 0 Å². The third-order valence-corrected chi connectivity index (χ3v) is 2.06. The van der Waals surface area contributed by atoms with Crippen LogP contribution in [0.4, 0.5) is 10.1 Å². The highest BCUT2D eigenvalue weighted by molar-refractivity contribution is 7.19. The molecule has 0 unspecified atom stereocenters. The molecule has 1 aromatic heterocycles. The SMILES string of the molecule is CON=C(C)C(=O)Nc1cnc(N)s1. The van der Waals surface area contributed by atoms with Gasteiger partial charge in [0, 0.05) is 0 Å². The monoisotopic (exact) mass is 214 g/mol. The van der Waals surface area contributed by atoms with Crippen molar-refractivity contribution in [2.45, 2.75) is 6.92 Å². The standard InChI is InChI=1S/C7H10N4O2S/c1-4(11-13-2)6(12)10-5-3-9-7(8)14-5/h3H,1-2H3,(H2,8,9)(H,10,12). The molecule has 0 aliphatic heterocycles. The van der Waals surface area contributed by atoms with E-state index in [1.807, 2.05) is 0 Å². The van der Waals surface area contributed by atoms with E-state index in [4.69, 9.17) is 5.73 Å². The van der Waals surface area contributed by atoms with Crippen LogP contribution >= 0.6 is 11.3 Å². The van der Waals surface area contributed by atoms with E-state index in [9.17, 15) is 4.79 Å². The van der Waals surface area contributed by atoms with Crippen LogP contribution in [0.5, 0.6) is 0 Å². The predicted molar refractivity (Wildman–Crippen MR) is 55.3 cm³/mol. The lowest BCUT2D eigenvalue weighted by atomic mass is 10.4. The summed E-state index contributed by atoms with van der Waals surface area (Å²) in [4.78, 5) is 19.6. The van der Waals surface area contributed by atoms with E-state index in [2.05, 4.69) is 20.3 Å². The number of amides is 1. The summed E-state index contributed by atoms with van der Waals surface area (Å²) >= 11 is 1.19. The van der Waals surface area contributed by atoms with E-state index in [0.29, 0.717) is 10.1 Å². The van der Waals surface area contributed by atoms with Crippen molar-refractivity contribution in [1.29, 1.82) is 0 Å². The Morgan fingerprint density at radius 1 is 1.79 bits per heavy atom. The maximum Gasteiger partial charge on any atom is 0.273 e. The largest absolute Gasteiger partial charge is 0.399 e. The summed E-state index contributed by atoms with van der Waals surface area (Å²) < 4.78 is 0. The molecule has 0 bridgehead atoms. The molecule has 0 aliphatic carbocycles. The second-order valence-electron chi connectivity index (χ2n) is 2.38. The van der Waals surface area contributed by atoms with Crippen molar-refractivity contribution < 1.29 is 9.63 Å². The van der Waals surface area contributed by atoms with Crippen molar-refractivity contribution in [3.05, 3.63) is 6.20 Å². The minimum atomic E-state index is -0.337. The molecule has 1 aromatic rings. The normalized spacial score (nSPS) is 11.1. The van der Waals surface area contributed by atoms with Gasteiger partial charge in [0.05, 0.1) is 6.20 Å². The Bertz CT molecular complexity index is 360. The molecule has 3 N–H and O–H groups in total. The Kier molecular flexibility index (Phi) is 3.41. The van der Waals surface area contributed by atoms with E-state index < -0.39 is 0 Å². The van der Waals surface area contributed by atoms with Crippen molar-refractivity contribution in [2.24, 2.45) is 5.16 Å². The van der Waals surface area contributed by atoms with Gasteiger partial charge < -0.3 is 15.9 Å². The zero-order valence-electron chi connectivity index (χ0n) is 7.77. The average molecular weight is 214 g/mol. The minimum absolute atomic E-state index is 0.236. The molecule has 1 rings (SSSR count). The summed E-state index contributed by atoms with van der Waals surface area (Å²) in [6.07, 6.45) is 1.48. The van der Waals surface area contributed by atoms with Crippen LogP contribution in [0.2, 0.25) is 0 Å². The summed E-state index contributed by atoms with van der Waals surface area (Å²) in [5, 5.41) is 7.04. The third-order valence-electron chi connectivity index (χ3n) is 1.32. The fraction of sp³-hybridized carbons (Fsp3) is 0.286. The Labute approximate surface area is 84.8 Å². The van der Waals surface area contributed by atoms with Crippen molar-refractivity contribution in [1.82, 2.24) is 4.98 Å². The Morgan fingerprint density at radius 2 is 2.50 bits per heavy atom. The molecule has 1 heterocycles. The number of carbonyl (C=O) groups is 1. The highest BCUT2D eigenvalue weighted by Crippen LogP contribution is 2.19. The van der Waals surface area contributed by atoms with Crippen molar-refractivity contribution in [2.75, 3.05) is 18.2 Å². The van der Waals surface area contributed by atoms with Gasteiger partial charge in [-0.2, -0.15) is 0 Å². The molecule has 0 saturated carbocycles. The van der Waals surface area contributed by atoms with Crippen LogP contribution in [0.3, 0.4) is 0 Å². The first kappa shape index (κ1) is 10.5. The minimum Gasteiger partial charge on any atom is -0.399 e. The number of aromatic nitrogens is 1. The van der Waals surface area contributed by atoms with Crippen LogP contribution in [0.25, 0.3) is 0 Å². The quantitative estimate of drug-likeness (QED) is 0.572. The van der Waals surface area contributed by atoms with Gasteiger partial charge in [0.25, 0.3) is 5.91 Å². The summed E-state index contributed by atoms with van der Waals surface area (Å²) in [6, 6.07) is 0. The van der Waals surface area contributed by atoms with Gasteiger partial charge in [-0.05, 0) is 6.92 Å². The number of thiazole rings is 1. The van der Waals surface area contributed by atoms with E-state index in [1.165, 1.54) is 24.6 Å². The molecule has 0 fully saturated rings. The lowest BCUT2D eigenvalue weighted by Gasteiger charge is -1.99. The molecule has 0 aromatic carbocycles. The smallest absolute Gasteiger partial charge is 0.273 e. The molecule has 7 heteroatoms. The second kappa shape index (κ2) is 4.56. The van der Waals surface area contributed by atoms with Gasteiger partial charge in [0.2, 0.25) is 0 Å². The van der Waals surface area contributed by atoms with E-state index in [0.717, 1.165) is 0 Å². The number of hydrogen-bond acceptors (Lipinski definition) is 6. The summed E-state index contributed by atoms with van der Waals surface area (Å²) in [5.41, 5.74) is 5.63. The highest BCUT2D eigenvalue weighted by atomic mass is 32.1. The maximum absolute atomic E-state index is 11.3. The van der Waals surface area contributed by atoms with Crippen molar-refractivity contribution in [3.63, 3.8) is 0 Å². The molecule has 6 nitrogen and oxygen atoms in total. The van der Waals surface area contributed by atoms with Crippen molar-refractivity contribution >= 4 is 33.1 Å². The van der Waals surface area contributed by atoms with Crippen LogP contribution < -0.4 is 11.1 Å². The summed E-state index contributed by atoms with van der Waals surface area (Å²) in [5.74, 6) is -0.337. The third kappa shape index (κ3) is 2.70. The van der Waals surface area contributed by atoms with Crippen LogP contribution in [0.1, 0.15) is 6.92 Å². The Hall–Kier alpha value is -1.63. The van der Waals surface area contributed by atoms with Gasteiger partial charge in [-0.25, -0.2) is 4.98 Å². The molecular weight excluding hydrogens is 204 g/mol. The van der Waals surface area contributed by atoms with Gasteiger partial charge in [0.15, 0.2) is 5.13 Å². The number of anilines is 2. The second-order valence-corrected chi connectivity index (χ2v) is 3.44. The highest BCUT2D eigenvalue weighted by Gasteiger charge is 2.08. The number of carbonyl (C=O) groups excluding carboxylic acids is 1. The molecule has 0 radical (unpaired) electrons. The summed E-state index contributed by atoms with van der Waals surface area (Å²) in [7, 11) is 1.38. The number of nitrogens with two attached hydrogens (primary N) is 1. The zero-order valence-corrected chi connectivity index (χ0v) is 8.59. The van der Waals surface area contributed by atoms with Gasteiger partial charge in [0.1, 0.15) is 17.8 Å². The molecule has 76 valence electrons. The Balaban J connectivity index is 2.61. The number of oxime groups is 1. The molecule has 0 atom stereocenters. The molecule has 14 heavy (non-hydrogen) atoms. The van der Waals surface area contributed by atoms with Gasteiger partial charge in [-0.3, -0.25) is 4.79 Å². The first-order valence-corrected chi connectivity index (χ1v) is 4.55. The molecule has 0 spiro atoms. The van der Waals surface area contributed by atoms with Crippen LogP contribution in [-0.2, 0) is 9.63 Å². The fourth-order valence-electron chi connectivity index (χ4n) is 0.726. The number of nitrogens with zero attached hydrogens (tertiary/aromatic N) is 2. The van der Waals surface area contributed by atoms with Gasteiger partial charge in [-0.1, -0.05) is 16.5 Å². The Morgan fingerprint density at radius 3 is 3.00 bits per heavy atom. The average Bonchev–Trinajstić information content (AvgIpc) is 2.51. The van der Waals surface area contributed by atoms with Crippen LogP contribution in [0, 0.1) is 0 Å². The number of rotatable bonds is 3. The molecule has 0 saturated heterocycles. The molecule has 1 amide bonds. The van der Waals surface area contributed by atoms with E-state index in [-0.39, 0.29) is 11.6 Å². The van der Waals surface area contributed by atoms with Crippen LogP contribution in [0.15, 0.2) is 11.4 Å². The lowest BCUT2D eigenvalue weighted by molar-refractivity contribution is -0.110. The number of hydrogen-bond donors (Lipinski definition) is 2. The topological polar surface area (TPSA) is 89.6 Å². The van der Waals surface area contributed by atoms with E-state index >= 15 is 0 Å². The zero-order chi connectivity index (χ0) is 10.6. The van der Waals surface area contributed by atoms with Crippen LogP contribution in [-0.4, -0.2) is 23.7 Å². The van der Waals surface area contributed by atoms with Gasteiger partial charge >= 0.3 is 0 Å². The number of nitrogens with one attached hydrogen (secondary N) is 1. The molecule has 0 aliphatic rings.